The van der Waals surface area contributed by atoms with Crippen LogP contribution in [0.4, 0.5) is 11.4 Å². The van der Waals surface area contributed by atoms with Gasteiger partial charge in [-0.3, -0.25) is 19.5 Å². The topological polar surface area (TPSA) is 126 Å². The van der Waals surface area contributed by atoms with Crippen LogP contribution in [0, 0.1) is 10.1 Å². The minimum Gasteiger partial charge on any atom is -0.493 e. The second kappa shape index (κ2) is 11.6. The summed E-state index contributed by atoms with van der Waals surface area (Å²) in [4.78, 5) is 45.6. The number of non-ortho nitro benzene ring substituents is 1. The summed E-state index contributed by atoms with van der Waals surface area (Å²) >= 11 is 1.17. The Bertz CT molecular complexity index is 1730. The molecule has 0 aliphatic carbocycles. The van der Waals surface area contributed by atoms with Crippen molar-refractivity contribution in [1.29, 1.82) is 0 Å². The Morgan fingerprint density at radius 3 is 2.54 bits per heavy atom. The van der Waals surface area contributed by atoms with Gasteiger partial charge in [-0.2, -0.15) is 0 Å². The van der Waals surface area contributed by atoms with E-state index in [0.29, 0.717) is 37.7 Å². The van der Waals surface area contributed by atoms with E-state index in [0.717, 1.165) is 31.6 Å². The number of benzene rings is 2. The molecule has 1 saturated heterocycles. The van der Waals surface area contributed by atoms with Gasteiger partial charge in [0.1, 0.15) is 0 Å². The van der Waals surface area contributed by atoms with E-state index in [4.69, 9.17) is 14.2 Å². The molecule has 11 nitrogen and oxygen atoms in total. The third kappa shape index (κ3) is 5.22. The summed E-state index contributed by atoms with van der Waals surface area (Å²) < 4.78 is 18.1. The number of methoxy groups -OCH3 is 2. The van der Waals surface area contributed by atoms with Crippen LogP contribution >= 0.6 is 11.3 Å². The van der Waals surface area contributed by atoms with E-state index in [-0.39, 0.29) is 23.4 Å². The smallest absolute Gasteiger partial charge is 0.338 e. The number of nitro groups is 1. The summed E-state index contributed by atoms with van der Waals surface area (Å²) in [5.74, 6) is 0.372. The third-order valence-electron chi connectivity index (χ3n) is 7.20. The minimum atomic E-state index is -0.838. The summed E-state index contributed by atoms with van der Waals surface area (Å²) in [7, 11) is 3.04. The van der Waals surface area contributed by atoms with Crippen LogP contribution in [0.2, 0.25) is 0 Å². The molecule has 3 aromatic rings. The van der Waals surface area contributed by atoms with E-state index in [2.05, 4.69) is 9.89 Å². The van der Waals surface area contributed by atoms with Gasteiger partial charge in [0.05, 0.1) is 47.6 Å². The standard InChI is InChI=1S/C29H30N4O7S/c1-5-40-28(35)25-17(2)30-29-32(26(25)18-8-11-22(38-3)23(15-18)39-4)27(34)24(41-29)16-19-14-20(33(36)37)9-10-21(19)31-12-6-7-13-31/h8-11,14-16,26H,5-7,12-13H2,1-4H3/t26-/m0/s1. The number of hydrogen-bond acceptors (Lipinski definition) is 10. The molecule has 214 valence electrons. The Balaban J connectivity index is 1.74. The molecule has 12 heteroatoms. The highest BCUT2D eigenvalue weighted by Gasteiger charge is 2.34. The Morgan fingerprint density at radius 1 is 1.15 bits per heavy atom. The van der Waals surface area contributed by atoms with Crippen molar-refractivity contribution >= 4 is 34.8 Å². The first-order valence-electron chi connectivity index (χ1n) is 13.2. The van der Waals surface area contributed by atoms with E-state index < -0.39 is 16.9 Å². The molecule has 1 aromatic heterocycles. The third-order valence-corrected chi connectivity index (χ3v) is 8.18. The maximum atomic E-state index is 14.1. The van der Waals surface area contributed by atoms with E-state index in [1.54, 1.807) is 44.2 Å². The van der Waals surface area contributed by atoms with E-state index in [1.165, 1.54) is 42.3 Å². The molecule has 1 fully saturated rings. The second-order valence-electron chi connectivity index (χ2n) is 9.61. The molecular weight excluding hydrogens is 548 g/mol. The van der Waals surface area contributed by atoms with Crippen LogP contribution in [-0.4, -0.2) is 49.4 Å². The van der Waals surface area contributed by atoms with Gasteiger partial charge in [0.15, 0.2) is 16.3 Å². The fourth-order valence-electron chi connectivity index (χ4n) is 5.29. The number of rotatable bonds is 8. The first kappa shape index (κ1) is 28.1. The zero-order valence-corrected chi connectivity index (χ0v) is 24.0. The molecule has 0 saturated carbocycles. The summed E-state index contributed by atoms with van der Waals surface area (Å²) in [6, 6.07) is 9.09. The van der Waals surface area contributed by atoms with Gasteiger partial charge in [0, 0.05) is 36.5 Å². The van der Waals surface area contributed by atoms with Gasteiger partial charge in [0.2, 0.25) is 0 Å². The van der Waals surface area contributed by atoms with E-state index in [1.807, 2.05) is 0 Å². The van der Waals surface area contributed by atoms with Crippen molar-refractivity contribution in [3.05, 3.63) is 88.6 Å². The molecule has 5 rings (SSSR count). The summed E-state index contributed by atoms with van der Waals surface area (Å²) in [6.45, 7) is 5.25. The highest BCUT2D eigenvalue weighted by atomic mass is 32.1. The molecular formula is C29H30N4O7S. The highest BCUT2D eigenvalue weighted by Crippen LogP contribution is 2.36. The molecule has 2 aromatic carbocycles. The largest absolute Gasteiger partial charge is 0.493 e. The van der Waals surface area contributed by atoms with Gasteiger partial charge in [-0.05, 0) is 56.5 Å². The Kier molecular flexibility index (Phi) is 7.93. The summed E-state index contributed by atoms with van der Waals surface area (Å²) in [6.07, 6.45) is 3.74. The number of thiazole rings is 1. The number of hydrogen-bond donors (Lipinski definition) is 0. The zero-order valence-electron chi connectivity index (χ0n) is 23.2. The quantitative estimate of drug-likeness (QED) is 0.226. The van der Waals surface area contributed by atoms with Gasteiger partial charge >= 0.3 is 5.97 Å². The lowest BCUT2D eigenvalue weighted by Crippen LogP contribution is -2.40. The van der Waals surface area contributed by atoms with Crippen LogP contribution in [0.15, 0.2) is 57.5 Å². The number of anilines is 1. The van der Waals surface area contributed by atoms with Crippen molar-refractivity contribution in [2.24, 2.45) is 4.99 Å². The molecule has 1 atom stereocenters. The van der Waals surface area contributed by atoms with Crippen molar-refractivity contribution in [3.8, 4) is 11.5 Å². The number of fused-ring (bicyclic) bond motifs is 1. The zero-order chi connectivity index (χ0) is 29.3. The Hall–Kier alpha value is -4.45. The molecule has 0 spiro atoms. The number of ether oxygens (including phenoxy) is 3. The summed E-state index contributed by atoms with van der Waals surface area (Å²) in [5, 5.41) is 11.6. The highest BCUT2D eigenvalue weighted by molar-refractivity contribution is 7.07. The van der Waals surface area contributed by atoms with Gasteiger partial charge in [0.25, 0.3) is 11.2 Å². The first-order valence-corrected chi connectivity index (χ1v) is 14.0. The maximum Gasteiger partial charge on any atom is 0.338 e. The number of carbonyl (C=O) groups is 1. The van der Waals surface area contributed by atoms with Crippen molar-refractivity contribution in [2.45, 2.75) is 32.7 Å². The fraction of sp³-hybridized carbons (Fsp3) is 0.345. The average molecular weight is 579 g/mol. The van der Waals surface area contributed by atoms with Gasteiger partial charge in [-0.25, -0.2) is 9.79 Å². The molecule has 41 heavy (non-hydrogen) atoms. The molecule has 2 aliphatic rings. The van der Waals surface area contributed by atoms with Gasteiger partial charge < -0.3 is 19.1 Å². The number of nitrogens with zero attached hydrogens (tertiary/aromatic N) is 4. The fourth-order valence-corrected chi connectivity index (χ4v) is 6.33. The van der Waals surface area contributed by atoms with Crippen LogP contribution in [0.5, 0.6) is 11.5 Å². The first-order chi connectivity index (χ1) is 19.8. The van der Waals surface area contributed by atoms with Crippen molar-refractivity contribution in [1.82, 2.24) is 4.57 Å². The number of allylic oxidation sites excluding steroid dienone is 1. The van der Waals surface area contributed by atoms with Crippen LogP contribution < -0.4 is 29.3 Å². The van der Waals surface area contributed by atoms with Crippen molar-refractivity contribution < 1.29 is 23.9 Å². The molecule has 2 aliphatic heterocycles. The van der Waals surface area contributed by atoms with Crippen LogP contribution in [0.25, 0.3) is 6.08 Å². The maximum absolute atomic E-state index is 14.1. The lowest BCUT2D eigenvalue weighted by molar-refractivity contribution is -0.384. The average Bonchev–Trinajstić information content (AvgIpc) is 3.60. The molecule has 0 N–H and O–H groups in total. The molecule has 3 heterocycles. The molecule has 0 bridgehead atoms. The second-order valence-corrected chi connectivity index (χ2v) is 10.6. The van der Waals surface area contributed by atoms with Crippen molar-refractivity contribution in [3.63, 3.8) is 0 Å². The molecule has 0 radical (unpaired) electrons. The number of nitro benzene ring substituents is 1. The van der Waals surface area contributed by atoms with Crippen LogP contribution in [0.3, 0.4) is 0 Å². The van der Waals surface area contributed by atoms with E-state index in [9.17, 15) is 19.7 Å². The number of carbonyl (C=O) groups excluding carboxylic acids is 1. The number of esters is 1. The van der Waals surface area contributed by atoms with Gasteiger partial charge in [-0.15, -0.1) is 0 Å². The lowest BCUT2D eigenvalue weighted by Gasteiger charge is -2.25. The Labute approximate surface area is 239 Å². The van der Waals surface area contributed by atoms with Crippen LogP contribution in [-0.2, 0) is 9.53 Å². The minimum absolute atomic E-state index is 0.0596. The monoisotopic (exact) mass is 578 g/mol. The van der Waals surface area contributed by atoms with Gasteiger partial charge in [-0.1, -0.05) is 17.4 Å². The number of aromatic nitrogens is 1. The van der Waals surface area contributed by atoms with Crippen LogP contribution in [0.1, 0.15) is 43.9 Å². The molecule has 0 amide bonds. The molecule has 0 unspecified atom stereocenters. The normalized spacial score (nSPS) is 16.8. The Morgan fingerprint density at radius 2 is 1.88 bits per heavy atom. The SMILES string of the molecule is CCOC(=O)C1=C(C)N=c2sc(=Cc3cc([N+](=O)[O-])ccc3N3CCCC3)c(=O)n2[C@H]1c1ccc(OC)c(OC)c1. The predicted octanol–water partition coefficient (Wildman–Crippen LogP) is 3.32. The van der Waals surface area contributed by atoms with Crippen molar-refractivity contribution in [2.75, 3.05) is 38.8 Å². The van der Waals surface area contributed by atoms with E-state index >= 15 is 0 Å². The lowest BCUT2D eigenvalue weighted by atomic mass is 9.95. The summed E-state index contributed by atoms with van der Waals surface area (Å²) in [5.41, 5.74) is 2.27. The predicted molar refractivity (Wildman–Crippen MR) is 154 cm³/mol.